The zero-order valence-corrected chi connectivity index (χ0v) is 16.1. The molecular formula is C24H18O6. The van der Waals surface area contributed by atoms with Crippen LogP contribution in [0.2, 0.25) is 0 Å². The zero-order valence-electron chi connectivity index (χ0n) is 16.1. The summed E-state index contributed by atoms with van der Waals surface area (Å²) < 4.78 is 34.0. The van der Waals surface area contributed by atoms with Crippen molar-refractivity contribution < 1.29 is 28.4 Å². The van der Waals surface area contributed by atoms with Crippen LogP contribution in [0.15, 0.2) is 76.2 Å². The lowest BCUT2D eigenvalue weighted by Gasteiger charge is -2.21. The van der Waals surface area contributed by atoms with Crippen LogP contribution in [-0.2, 0) is 25.4 Å². The Morgan fingerprint density at radius 2 is 1.57 bits per heavy atom. The van der Waals surface area contributed by atoms with Gasteiger partial charge in [-0.1, -0.05) is 12.2 Å². The van der Waals surface area contributed by atoms with E-state index >= 15 is 0 Å². The molecule has 1 atom stereocenters. The molecule has 30 heavy (non-hydrogen) atoms. The van der Waals surface area contributed by atoms with Crippen LogP contribution in [0.5, 0.6) is 11.5 Å². The van der Waals surface area contributed by atoms with E-state index in [1.807, 2.05) is 0 Å². The molecular weight excluding hydrogens is 384 g/mol. The van der Waals surface area contributed by atoms with Crippen molar-refractivity contribution in [2.75, 3.05) is 20.4 Å². The molecule has 3 heterocycles. The van der Waals surface area contributed by atoms with Crippen molar-refractivity contribution >= 4 is 6.08 Å². The maximum Gasteiger partial charge on any atom is 0.231 e. The van der Waals surface area contributed by atoms with Crippen LogP contribution in [0.25, 0.3) is 6.08 Å². The molecule has 0 spiro atoms. The summed E-state index contributed by atoms with van der Waals surface area (Å²) in [6.07, 6.45) is 12.3. The third-order valence-corrected chi connectivity index (χ3v) is 6.21. The maximum atomic E-state index is 5.68. The molecule has 1 fully saturated rings. The summed E-state index contributed by atoms with van der Waals surface area (Å²) in [5, 5.41) is 0. The fraction of sp³-hybridized carbons (Fsp3) is 0.250. The largest absolute Gasteiger partial charge is 0.458 e. The van der Waals surface area contributed by atoms with E-state index in [0.717, 1.165) is 52.1 Å². The summed E-state index contributed by atoms with van der Waals surface area (Å²) in [7, 11) is 0. The third-order valence-electron chi connectivity index (χ3n) is 6.21. The van der Waals surface area contributed by atoms with E-state index in [2.05, 4.69) is 42.5 Å². The molecule has 0 amide bonds. The molecule has 7 rings (SSSR count). The van der Waals surface area contributed by atoms with E-state index in [-0.39, 0.29) is 26.3 Å². The first-order chi connectivity index (χ1) is 14.8. The van der Waals surface area contributed by atoms with Gasteiger partial charge in [0.15, 0.2) is 28.8 Å². The SMILES string of the molecule is C1=C2OCOC2=C[C@@H]2Cc3cc4c(cc3/C=C3\CC5=C(C=C3/C=C/12)OCO5)OCO4. The number of ether oxygens (including phenoxy) is 6. The highest BCUT2D eigenvalue weighted by molar-refractivity contribution is 5.70. The average molecular weight is 402 g/mol. The van der Waals surface area contributed by atoms with Crippen LogP contribution in [0.4, 0.5) is 0 Å². The van der Waals surface area contributed by atoms with Crippen LogP contribution < -0.4 is 9.47 Å². The van der Waals surface area contributed by atoms with E-state index in [4.69, 9.17) is 28.4 Å². The molecule has 150 valence electrons. The summed E-state index contributed by atoms with van der Waals surface area (Å²) in [5.41, 5.74) is 5.83. The normalized spacial score (nSPS) is 28.3. The molecule has 1 aromatic carbocycles. The Morgan fingerprint density at radius 3 is 2.53 bits per heavy atom. The number of allylic oxidation sites excluding steroid dienone is 7. The first kappa shape index (κ1) is 16.3. The number of benzene rings is 1. The minimum atomic E-state index is 0.161. The summed E-state index contributed by atoms with van der Waals surface area (Å²) >= 11 is 0. The van der Waals surface area contributed by atoms with Gasteiger partial charge in [0.25, 0.3) is 0 Å². The number of rotatable bonds is 0. The van der Waals surface area contributed by atoms with Crippen LogP contribution in [-0.4, -0.2) is 20.4 Å². The summed E-state index contributed by atoms with van der Waals surface area (Å²) in [6, 6.07) is 4.18. The molecule has 6 aliphatic rings. The van der Waals surface area contributed by atoms with Gasteiger partial charge in [-0.05, 0) is 64.6 Å². The number of hydrogen-bond acceptors (Lipinski definition) is 6. The molecule has 3 aliphatic carbocycles. The Balaban J connectivity index is 1.44. The van der Waals surface area contributed by atoms with E-state index in [1.54, 1.807) is 0 Å². The molecule has 6 nitrogen and oxygen atoms in total. The minimum absolute atomic E-state index is 0.161. The third kappa shape index (κ3) is 2.43. The Labute approximate surface area is 173 Å². The van der Waals surface area contributed by atoms with Gasteiger partial charge in [0.1, 0.15) is 5.76 Å². The predicted molar refractivity (Wildman–Crippen MR) is 106 cm³/mol. The predicted octanol–water partition coefficient (Wildman–Crippen LogP) is 4.23. The highest BCUT2D eigenvalue weighted by Crippen LogP contribution is 2.43. The van der Waals surface area contributed by atoms with Crippen LogP contribution in [0.3, 0.4) is 0 Å². The van der Waals surface area contributed by atoms with Crippen molar-refractivity contribution in [3.05, 3.63) is 87.3 Å². The van der Waals surface area contributed by atoms with E-state index in [9.17, 15) is 0 Å². The lowest BCUT2D eigenvalue weighted by molar-refractivity contribution is 0.0736. The fourth-order valence-electron chi connectivity index (χ4n) is 4.67. The molecule has 3 aliphatic heterocycles. The molecule has 0 unspecified atom stereocenters. The Hall–Kier alpha value is -3.54. The zero-order chi connectivity index (χ0) is 19.7. The van der Waals surface area contributed by atoms with Gasteiger partial charge >= 0.3 is 0 Å². The van der Waals surface area contributed by atoms with Crippen LogP contribution in [0.1, 0.15) is 17.5 Å². The Morgan fingerprint density at radius 1 is 0.733 bits per heavy atom. The molecule has 1 saturated heterocycles. The summed E-state index contributed by atoms with van der Waals surface area (Å²) in [5.74, 6) is 5.07. The second-order valence-corrected chi connectivity index (χ2v) is 7.95. The highest BCUT2D eigenvalue weighted by Gasteiger charge is 2.31. The minimum Gasteiger partial charge on any atom is -0.458 e. The van der Waals surface area contributed by atoms with Crippen LogP contribution in [0, 0.1) is 5.92 Å². The summed E-state index contributed by atoms with van der Waals surface area (Å²) in [4.78, 5) is 0. The molecule has 0 N–H and O–H groups in total. The quantitative estimate of drug-likeness (QED) is 0.647. The Bertz CT molecular complexity index is 1180. The monoisotopic (exact) mass is 402 g/mol. The van der Waals surface area contributed by atoms with Gasteiger partial charge in [-0.15, -0.1) is 0 Å². The average Bonchev–Trinajstić information content (AvgIpc) is 3.48. The van der Waals surface area contributed by atoms with Gasteiger partial charge in [0.05, 0.1) is 0 Å². The van der Waals surface area contributed by atoms with Crippen molar-refractivity contribution in [3.8, 4) is 11.5 Å². The van der Waals surface area contributed by atoms with Gasteiger partial charge in [-0.25, -0.2) is 0 Å². The van der Waals surface area contributed by atoms with Crippen molar-refractivity contribution in [3.63, 3.8) is 0 Å². The van der Waals surface area contributed by atoms with Gasteiger partial charge in [0.2, 0.25) is 20.4 Å². The van der Waals surface area contributed by atoms with Crippen molar-refractivity contribution in [2.24, 2.45) is 5.92 Å². The molecule has 0 saturated carbocycles. The van der Waals surface area contributed by atoms with E-state index in [0.29, 0.717) is 6.42 Å². The lowest BCUT2D eigenvalue weighted by atomic mass is 9.85. The first-order valence-corrected chi connectivity index (χ1v) is 10.1. The van der Waals surface area contributed by atoms with E-state index < -0.39 is 0 Å². The number of fused-ring (bicyclic) bond motifs is 5. The van der Waals surface area contributed by atoms with Crippen molar-refractivity contribution in [1.29, 1.82) is 0 Å². The highest BCUT2D eigenvalue weighted by atomic mass is 16.7. The maximum absolute atomic E-state index is 5.68. The van der Waals surface area contributed by atoms with E-state index in [1.165, 1.54) is 16.7 Å². The Kier molecular flexibility index (Phi) is 3.25. The standard InChI is InChI=1S/C24H18O6/c1-13-4-19-21(27-10-25-19)6-15(13)2-17-8-23-24(30-12-29-23)9-18(17)3-16-7-22-20(5-14(1)16)26-11-28-22/h1-2,4-5,7-9,16H,3,6,10-12H2/b14-1-,15-2+/t16-/m0/s1. The molecule has 1 aromatic rings. The molecule has 6 heteroatoms. The van der Waals surface area contributed by atoms with Gasteiger partial charge < -0.3 is 28.4 Å². The molecule has 0 radical (unpaired) electrons. The van der Waals surface area contributed by atoms with Gasteiger partial charge in [0, 0.05) is 12.3 Å². The number of hydrogen-bond donors (Lipinski definition) is 0. The topological polar surface area (TPSA) is 55.4 Å². The summed E-state index contributed by atoms with van der Waals surface area (Å²) in [6.45, 7) is 0.803. The first-order valence-electron chi connectivity index (χ1n) is 10.1. The van der Waals surface area contributed by atoms with Gasteiger partial charge in [-0.3, -0.25) is 0 Å². The second kappa shape index (κ2) is 5.98. The fourth-order valence-corrected chi connectivity index (χ4v) is 4.67. The smallest absolute Gasteiger partial charge is 0.231 e. The molecule has 0 bridgehead atoms. The van der Waals surface area contributed by atoms with Crippen molar-refractivity contribution in [1.82, 2.24) is 0 Å². The lowest BCUT2D eigenvalue weighted by Crippen LogP contribution is -2.11. The van der Waals surface area contributed by atoms with Crippen LogP contribution >= 0.6 is 0 Å². The van der Waals surface area contributed by atoms with Gasteiger partial charge in [-0.2, -0.15) is 0 Å². The second-order valence-electron chi connectivity index (χ2n) is 7.95. The van der Waals surface area contributed by atoms with Crippen molar-refractivity contribution in [2.45, 2.75) is 12.8 Å². The molecule has 0 aromatic heterocycles.